The van der Waals surface area contributed by atoms with E-state index in [1.807, 2.05) is 6.92 Å². The van der Waals surface area contributed by atoms with Crippen LogP contribution < -0.4 is 5.73 Å². The van der Waals surface area contributed by atoms with Gasteiger partial charge in [-0.05, 0) is 13.3 Å². The first kappa shape index (κ1) is 8.44. The van der Waals surface area contributed by atoms with Crippen molar-refractivity contribution in [2.75, 3.05) is 5.73 Å². The van der Waals surface area contributed by atoms with Crippen LogP contribution in [0.3, 0.4) is 0 Å². The zero-order valence-electron chi connectivity index (χ0n) is 7.66. The summed E-state index contributed by atoms with van der Waals surface area (Å²) < 4.78 is 0. The molecule has 0 fully saturated rings. The summed E-state index contributed by atoms with van der Waals surface area (Å²) in [5, 5.41) is 1.04. The zero-order chi connectivity index (χ0) is 9.42. The summed E-state index contributed by atoms with van der Waals surface area (Å²) in [5.41, 5.74) is 8.66. The first-order valence-electron chi connectivity index (χ1n) is 4.23. The number of aromatic nitrogens is 2. The molecule has 68 valence electrons. The molecule has 3 nitrogen and oxygen atoms in total. The normalized spacial score (nSPS) is 10.9. The molecule has 0 spiro atoms. The molecule has 2 rings (SSSR count). The number of pyridine rings is 1. The van der Waals surface area contributed by atoms with Gasteiger partial charge in [0, 0.05) is 5.56 Å². The monoisotopic (exact) mass is 193 g/mol. The molecule has 0 aliphatic heterocycles. The summed E-state index contributed by atoms with van der Waals surface area (Å²) in [5.74, 6) is 0. The third kappa shape index (κ3) is 1.27. The van der Waals surface area contributed by atoms with Crippen LogP contribution in [0.4, 0.5) is 5.69 Å². The molecule has 0 atom stereocenters. The Hall–Kier alpha value is -1.16. The molecular formula is C9H11N3S. The average Bonchev–Trinajstić information content (AvgIpc) is 2.45. The highest BCUT2D eigenvalue weighted by atomic mass is 32.1. The number of aryl methyl sites for hydroxylation is 2. The zero-order valence-corrected chi connectivity index (χ0v) is 8.48. The summed E-state index contributed by atoms with van der Waals surface area (Å²) >= 11 is 1.61. The lowest BCUT2D eigenvalue weighted by molar-refractivity contribution is 1.14. The predicted molar refractivity (Wildman–Crippen MR) is 55.9 cm³/mol. The van der Waals surface area contributed by atoms with E-state index in [0.717, 1.165) is 33.0 Å². The fraction of sp³-hybridized carbons (Fsp3) is 0.333. The van der Waals surface area contributed by atoms with E-state index < -0.39 is 0 Å². The van der Waals surface area contributed by atoms with E-state index in [1.165, 1.54) is 0 Å². The van der Waals surface area contributed by atoms with Crippen molar-refractivity contribution in [3.63, 3.8) is 0 Å². The largest absolute Gasteiger partial charge is 0.397 e. The van der Waals surface area contributed by atoms with Gasteiger partial charge in [0.05, 0.1) is 16.9 Å². The molecule has 0 saturated carbocycles. The molecule has 2 N–H and O–H groups in total. The van der Waals surface area contributed by atoms with E-state index in [9.17, 15) is 0 Å². The number of nitrogen functional groups attached to an aromatic ring is 1. The molecule has 4 heteroatoms. The van der Waals surface area contributed by atoms with Crippen LogP contribution in [0.25, 0.3) is 10.3 Å². The summed E-state index contributed by atoms with van der Waals surface area (Å²) in [6, 6.07) is 0. The molecule has 0 amide bonds. The summed E-state index contributed by atoms with van der Waals surface area (Å²) in [6.07, 6.45) is 2.63. The average molecular weight is 193 g/mol. The van der Waals surface area contributed by atoms with Crippen molar-refractivity contribution >= 4 is 27.4 Å². The Morgan fingerprint density at radius 1 is 1.54 bits per heavy atom. The van der Waals surface area contributed by atoms with Crippen molar-refractivity contribution in [1.29, 1.82) is 0 Å². The van der Waals surface area contributed by atoms with Crippen molar-refractivity contribution in [3.05, 3.63) is 16.8 Å². The Kier molecular flexibility index (Phi) is 1.92. The molecular weight excluding hydrogens is 182 g/mol. The molecule has 2 aromatic heterocycles. The van der Waals surface area contributed by atoms with Crippen molar-refractivity contribution in [2.45, 2.75) is 20.3 Å². The molecule has 13 heavy (non-hydrogen) atoms. The van der Waals surface area contributed by atoms with Crippen LogP contribution in [0.5, 0.6) is 0 Å². The number of hydrogen-bond donors (Lipinski definition) is 1. The van der Waals surface area contributed by atoms with Gasteiger partial charge in [-0.25, -0.2) is 9.97 Å². The highest BCUT2D eigenvalue weighted by Gasteiger charge is 2.08. The van der Waals surface area contributed by atoms with Gasteiger partial charge in [-0.2, -0.15) is 0 Å². The lowest BCUT2D eigenvalue weighted by Gasteiger charge is -2.01. The maximum Gasteiger partial charge on any atom is 0.143 e. The van der Waals surface area contributed by atoms with E-state index in [4.69, 9.17) is 5.73 Å². The van der Waals surface area contributed by atoms with Gasteiger partial charge in [0.1, 0.15) is 10.3 Å². The van der Waals surface area contributed by atoms with Gasteiger partial charge in [-0.15, -0.1) is 0 Å². The third-order valence-corrected chi connectivity index (χ3v) is 2.90. The van der Waals surface area contributed by atoms with Crippen molar-refractivity contribution in [3.8, 4) is 0 Å². The lowest BCUT2D eigenvalue weighted by atomic mass is 10.1. The second-order valence-corrected chi connectivity index (χ2v) is 4.11. The highest BCUT2D eigenvalue weighted by molar-refractivity contribution is 7.18. The van der Waals surface area contributed by atoms with Crippen LogP contribution >= 0.6 is 11.3 Å². The number of rotatable bonds is 1. The van der Waals surface area contributed by atoms with Gasteiger partial charge in [0.2, 0.25) is 0 Å². The van der Waals surface area contributed by atoms with Crippen LogP contribution in [0.15, 0.2) is 6.20 Å². The van der Waals surface area contributed by atoms with E-state index in [1.54, 1.807) is 17.5 Å². The maximum absolute atomic E-state index is 5.81. The second-order valence-electron chi connectivity index (χ2n) is 2.93. The summed E-state index contributed by atoms with van der Waals surface area (Å²) in [4.78, 5) is 9.65. The molecule has 2 aromatic rings. The molecule has 0 saturated heterocycles. The Labute approximate surface area is 80.6 Å². The minimum atomic E-state index is 0.750. The SMILES string of the molecule is CCc1c(N)cnc2sc(C)nc12. The minimum Gasteiger partial charge on any atom is -0.397 e. The van der Waals surface area contributed by atoms with Crippen LogP contribution in [-0.4, -0.2) is 9.97 Å². The fourth-order valence-corrected chi connectivity index (χ4v) is 2.20. The van der Waals surface area contributed by atoms with Gasteiger partial charge < -0.3 is 5.73 Å². The Bertz CT molecular complexity index is 447. The van der Waals surface area contributed by atoms with E-state index in [-0.39, 0.29) is 0 Å². The first-order chi connectivity index (χ1) is 6.22. The summed E-state index contributed by atoms with van der Waals surface area (Å²) in [7, 11) is 0. The number of nitrogens with zero attached hydrogens (tertiary/aromatic N) is 2. The number of anilines is 1. The van der Waals surface area contributed by atoms with E-state index >= 15 is 0 Å². The van der Waals surface area contributed by atoms with Crippen molar-refractivity contribution < 1.29 is 0 Å². The number of thiazole rings is 1. The fourth-order valence-electron chi connectivity index (χ4n) is 1.41. The molecule has 0 aliphatic carbocycles. The molecule has 0 radical (unpaired) electrons. The summed E-state index contributed by atoms with van der Waals surface area (Å²) in [6.45, 7) is 4.07. The minimum absolute atomic E-state index is 0.750. The molecule has 0 aliphatic rings. The van der Waals surface area contributed by atoms with Crippen LogP contribution in [0, 0.1) is 6.92 Å². The highest BCUT2D eigenvalue weighted by Crippen LogP contribution is 2.26. The van der Waals surface area contributed by atoms with Crippen molar-refractivity contribution in [1.82, 2.24) is 9.97 Å². The van der Waals surface area contributed by atoms with Crippen LogP contribution in [0.1, 0.15) is 17.5 Å². The topological polar surface area (TPSA) is 51.8 Å². The van der Waals surface area contributed by atoms with Gasteiger partial charge in [-0.1, -0.05) is 18.3 Å². The second kappa shape index (κ2) is 2.96. The quantitative estimate of drug-likeness (QED) is 0.755. The van der Waals surface area contributed by atoms with Gasteiger partial charge in [0.25, 0.3) is 0 Å². The molecule has 0 bridgehead atoms. The number of nitrogens with two attached hydrogens (primary N) is 1. The molecule has 2 heterocycles. The van der Waals surface area contributed by atoms with Gasteiger partial charge in [-0.3, -0.25) is 0 Å². The van der Waals surface area contributed by atoms with Gasteiger partial charge in [0.15, 0.2) is 0 Å². The smallest absolute Gasteiger partial charge is 0.143 e. The van der Waals surface area contributed by atoms with E-state index in [0.29, 0.717) is 0 Å². The molecule has 0 unspecified atom stereocenters. The van der Waals surface area contributed by atoms with Gasteiger partial charge >= 0.3 is 0 Å². The standard InChI is InChI=1S/C9H11N3S/c1-3-6-7(10)4-11-9-8(6)12-5(2)13-9/h4H,3,10H2,1-2H3. The number of hydrogen-bond acceptors (Lipinski definition) is 4. The molecule has 0 aromatic carbocycles. The lowest BCUT2D eigenvalue weighted by Crippen LogP contribution is -1.95. The predicted octanol–water partition coefficient (Wildman–Crippen LogP) is 2.14. The van der Waals surface area contributed by atoms with Crippen molar-refractivity contribution in [2.24, 2.45) is 0 Å². The Morgan fingerprint density at radius 3 is 3.00 bits per heavy atom. The Balaban J connectivity index is 2.82. The first-order valence-corrected chi connectivity index (χ1v) is 5.04. The number of fused-ring (bicyclic) bond motifs is 1. The maximum atomic E-state index is 5.81. The Morgan fingerprint density at radius 2 is 2.31 bits per heavy atom. The van der Waals surface area contributed by atoms with E-state index in [2.05, 4.69) is 16.9 Å². The third-order valence-electron chi connectivity index (χ3n) is 2.02. The van der Waals surface area contributed by atoms with Crippen LogP contribution in [0.2, 0.25) is 0 Å². The van der Waals surface area contributed by atoms with Crippen LogP contribution in [-0.2, 0) is 6.42 Å².